The van der Waals surface area contributed by atoms with Crippen LogP contribution in [0.3, 0.4) is 0 Å². The molecule has 1 aliphatic rings. The molecule has 0 amide bonds. The molecule has 76 valence electrons. The van der Waals surface area contributed by atoms with Gasteiger partial charge in [0.1, 0.15) is 5.75 Å². The van der Waals surface area contributed by atoms with Crippen molar-refractivity contribution in [2.24, 2.45) is 0 Å². The molecule has 1 aliphatic heterocycles. The Kier molecular flexibility index (Phi) is 2.94. The quantitative estimate of drug-likeness (QED) is 0.813. The summed E-state index contributed by atoms with van der Waals surface area (Å²) in [4.78, 5) is 0. The van der Waals surface area contributed by atoms with E-state index < -0.39 is 0 Å². The maximum atomic E-state index is 6.06. The largest absolute Gasteiger partial charge is 0.495 e. The van der Waals surface area contributed by atoms with E-state index in [9.17, 15) is 0 Å². The Morgan fingerprint density at radius 1 is 1.50 bits per heavy atom. The Morgan fingerprint density at radius 3 is 3.00 bits per heavy atom. The molecule has 0 saturated carbocycles. The third kappa shape index (κ3) is 1.72. The number of para-hydroxylation sites is 1. The molecular weight excluding hydrogens is 198 g/mol. The van der Waals surface area contributed by atoms with Gasteiger partial charge in [-0.3, -0.25) is 0 Å². The van der Waals surface area contributed by atoms with Crippen molar-refractivity contribution in [3.63, 3.8) is 0 Å². The van der Waals surface area contributed by atoms with Gasteiger partial charge in [0.25, 0.3) is 0 Å². The summed E-state index contributed by atoms with van der Waals surface area (Å²) in [7, 11) is 1.67. The zero-order valence-corrected chi connectivity index (χ0v) is 8.97. The van der Waals surface area contributed by atoms with E-state index in [2.05, 4.69) is 11.4 Å². The van der Waals surface area contributed by atoms with Gasteiger partial charge in [-0.25, -0.2) is 0 Å². The van der Waals surface area contributed by atoms with Crippen LogP contribution in [0.5, 0.6) is 5.75 Å². The van der Waals surface area contributed by atoms with Gasteiger partial charge in [-0.1, -0.05) is 23.7 Å². The smallest absolute Gasteiger partial charge is 0.142 e. The first kappa shape index (κ1) is 9.81. The number of rotatable bonds is 2. The van der Waals surface area contributed by atoms with E-state index in [0.717, 1.165) is 18.7 Å². The van der Waals surface area contributed by atoms with Gasteiger partial charge in [0.15, 0.2) is 0 Å². The molecule has 1 aromatic carbocycles. The van der Waals surface area contributed by atoms with Crippen LogP contribution in [0.2, 0.25) is 5.02 Å². The van der Waals surface area contributed by atoms with Gasteiger partial charge in [0, 0.05) is 11.6 Å². The van der Waals surface area contributed by atoms with Crippen molar-refractivity contribution in [3.05, 3.63) is 28.8 Å². The summed E-state index contributed by atoms with van der Waals surface area (Å²) in [5.41, 5.74) is 1.18. The van der Waals surface area contributed by atoms with Crippen LogP contribution in [0, 0.1) is 0 Å². The number of nitrogens with one attached hydrogen (secondary N) is 1. The average Bonchev–Trinajstić information content (AvgIpc) is 2.70. The minimum Gasteiger partial charge on any atom is -0.495 e. The Labute approximate surface area is 89.2 Å². The van der Waals surface area contributed by atoms with Crippen LogP contribution in [-0.4, -0.2) is 13.7 Å². The molecule has 0 aromatic heterocycles. The van der Waals surface area contributed by atoms with Crippen molar-refractivity contribution < 1.29 is 4.74 Å². The zero-order valence-electron chi connectivity index (χ0n) is 8.22. The molecule has 2 nitrogen and oxygen atoms in total. The fourth-order valence-corrected chi connectivity index (χ4v) is 2.22. The lowest BCUT2D eigenvalue weighted by molar-refractivity contribution is 0.403. The molecule has 3 heteroatoms. The Morgan fingerprint density at radius 2 is 2.36 bits per heavy atom. The molecule has 1 saturated heterocycles. The summed E-state index contributed by atoms with van der Waals surface area (Å²) in [6, 6.07) is 6.32. The highest BCUT2D eigenvalue weighted by molar-refractivity contribution is 6.32. The average molecular weight is 212 g/mol. The molecule has 1 aromatic rings. The number of hydrogen-bond acceptors (Lipinski definition) is 2. The first-order valence-electron chi connectivity index (χ1n) is 4.88. The first-order chi connectivity index (χ1) is 6.83. The van der Waals surface area contributed by atoms with Crippen molar-refractivity contribution in [2.75, 3.05) is 13.7 Å². The van der Waals surface area contributed by atoms with Gasteiger partial charge in [-0.2, -0.15) is 0 Å². The fraction of sp³-hybridized carbons (Fsp3) is 0.455. The van der Waals surface area contributed by atoms with E-state index in [-0.39, 0.29) is 0 Å². The minimum atomic E-state index is 0.406. The number of benzene rings is 1. The van der Waals surface area contributed by atoms with E-state index in [0.29, 0.717) is 11.1 Å². The fourth-order valence-electron chi connectivity index (χ4n) is 1.97. The first-order valence-corrected chi connectivity index (χ1v) is 5.26. The van der Waals surface area contributed by atoms with Crippen molar-refractivity contribution in [1.29, 1.82) is 0 Å². The predicted octanol–water partition coefficient (Wildman–Crippen LogP) is 2.77. The second kappa shape index (κ2) is 4.20. The highest BCUT2D eigenvalue weighted by Crippen LogP contribution is 2.35. The van der Waals surface area contributed by atoms with Gasteiger partial charge in [0.2, 0.25) is 0 Å². The second-order valence-corrected chi connectivity index (χ2v) is 3.92. The number of hydrogen-bond donors (Lipinski definition) is 1. The minimum absolute atomic E-state index is 0.406. The van der Waals surface area contributed by atoms with Crippen LogP contribution in [0.1, 0.15) is 24.4 Å². The van der Waals surface area contributed by atoms with Crippen molar-refractivity contribution in [2.45, 2.75) is 18.9 Å². The van der Waals surface area contributed by atoms with Gasteiger partial charge in [0.05, 0.1) is 12.1 Å². The van der Waals surface area contributed by atoms with E-state index in [4.69, 9.17) is 16.3 Å². The van der Waals surface area contributed by atoms with Crippen LogP contribution < -0.4 is 10.1 Å². The second-order valence-electron chi connectivity index (χ2n) is 3.51. The van der Waals surface area contributed by atoms with E-state index in [1.165, 1.54) is 12.0 Å². The molecule has 1 heterocycles. The lowest BCUT2D eigenvalue weighted by atomic mass is 10.0. The van der Waals surface area contributed by atoms with E-state index >= 15 is 0 Å². The normalized spacial score (nSPS) is 21.1. The molecular formula is C11H14ClNO. The number of ether oxygens (including phenoxy) is 1. The molecule has 1 N–H and O–H groups in total. The third-order valence-electron chi connectivity index (χ3n) is 2.64. The van der Waals surface area contributed by atoms with E-state index in [1.807, 2.05) is 12.1 Å². The third-order valence-corrected chi connectivity index (χ3v) is 2.93. The highest BCUT2D eigenvalue weighted by atomic mass is 35.5. The van der Waals surface area contributed by atoms with Gasteiger partial charge < -0.3 is 10.1 Å². The molecule has 0 spiro atoms. The Bertz CT molecular complexity index is 321. The summed E-state index contributed by atoms with van der Waals surface area (Å²) >= 11 is 6.06. The van der Waals surface area contributed by atoms with Crippen LogP contribution >= 0.6 is 11.6 Å². The molecule has 1 atom stereocenters. The molecule has 0 radical (unpaired) electrons. The van der Waals surface area contributed by atoms with Crippen molar-refractivity contribution >= 4 is 11.6 Å². The van der Waals surface area contributed by atoms with Gasteiger partial charge in [-0.15, -0.1) is 0 Å². The van der Waals surface area contributed by atoms with Crippen LogP contribution in [-0.2, 0) is 0 Å². The molecule has 0 bridgehead atoms. The zero-order chi connectivity index (χ0) is 9.97. The van der Waals surface area contributed by atoms with Crippen LogP contribution in [0.25, 0.3) is 0 Å². The SMILES string of the molecule is COc1c(Cl)cccc1[C@H]1CCCN1. The Balaban J connectivity index is 2.35. The lowest BCUT2D eigenvalue weighted by Gasteiger charge is -2.15. The van der Waals surface area contributed by atoms with E-state index in [1.54, 1.807) is 7.11 Å². The molecule has 0 unspecified atom stereocenters. The van der Waals surface area contributed by atoms with Crippen LogP contribution in [0.15, 0.2) is 18.2 Å². The molecule has 0 aliphatic carbocycles. The Hall–Kier alpha value is -0.730. The lowest BCUT2D eigenvalue weighted by Crippen LogP contribution is -2.13. The van der Waals surface area contributed by atoms with Gasteiger partial charge in [-0.05, 0) is 25.5 Å². The number of halogens is 1. The highest BCUT2D eigenvalue weighted by Gasteiger charge is 2.20. The standard InChI is InChI=1S/C11H14ClNO/c1-14-11-8(4-2-5-9(11)12)10-6-3-7-13-10/h2,4-5,10,13H,3,6-7H2,1H3/t10-/m1/s1. The summed E-state index contributed by atoms with van der Waals surface area (Å²) in [5, 5.41) is 4.13. The maximum absolute atomic E-state index is 6.06. The maximum Gasteiger partial charge on any atom is 0.142 e. The molecule has 1 fully saturated rings. The molecule has 2 rings (SSSR count). The summed E-state index contributed by atoms with van der Waals surface area (Å²) in [6.07, 6.45) is 2.39. The van der Waals surface area contributed by atoms with Gasteiger partial charge >= 0.3 is 0 Å². The monoisotopic (exact) mass is 211 g/mol. The molecule has 14 heavy (non-hydrogen) atoms. The van der Waals surface area contributed by atoms with Crippen molar-refractivity contribution in [1.82, 2.24) is 5.32 Å². The summed E-state index contributed by atoms with van der Waals surface area (Å²) in [5.74, 6) is 0.813. The topological polar surface area (TPSA) is 21.3 Å². The summed E-state index contributed by atoms with van der Waals surface area (Å²) in [6.45, 7) is 1.08. The predicted molar refractivity (Wildman–Crippen MR) is 58.0 cm³/mol. The summed E-state index contributed by atoms with van der Waals surface area (Å²) < 4.78 is 5.32. The number of methoxy groups -OCH3 is 1. The van der Waals surface area contributed by atoms with Crippen molar-refractivity contribution in [3.8, 4) is 5.75 Å². The van der Waals surface area contributed by atoms with Crippen LogP contribution in [0.4, 0.5) is 0 Å².